The lowest BCUT2D eigenvalue weighted by atomic mass is 10.3. The molecule has 3 heterocycles. The molecule has 0 unspecified atom stereocenters. The molecule has 0 radical (unpaired) electrons. The average Bonchev–Trinajstić information content (AvgIpc) is 2.69. The number of nitrogen functional groups attached to an aromatic ring is 1. The van der Waals surface area contributed by atoms with E-state index in [9.17, 15) is 0 Å². The molecule has 0 atom stereocenters. The first-order chi connectivity index (χ1) is 7.86. The van der Waals surface area contributed by atoms with Crippen LogP contribution in [-0.2, 0) is 0 Å². The molecule has 3 rings (SSSR count). The molecule has 78 valence electrons. The molecule has 0 saturated heterocycles. The number of fused-ring (bicyclic) bond motifs is 1. The molecule has 3 aromatic rings. The fourth-order valence-electron chi connectivity index (χ4n) is 1.63. The van der Waals surface area contributed by atoms with Gasteiger partial charge in [-0.05, 0) is 24.3 Å². The molecule has 0 bridgehead atoms. The Bertz CT molecular complexity index is 629. The van der Waals surface area contributed by atoms with Gasteiger partial charge in [-0.15, -0.1) is 5.10 Å². The van der Waals surface area contributed by atoms with E-state index in [1.165, 1.54) is 0 Å². The first-order valence-electron chi connectivity index (χ1n) is 4.86. The number of hydrogen-bond acceptors (Lipinski definition) is 4. The highest BCUT2D eigenvalue weighted by molar-refractivity contribution is 5.87. The number of nitrogens with two attached hydrogens (primary N) is 1. The maximum atomic E-state index is 5.82. The summed E-state index contributed by atoms with van der Waals surface area (Å²) in [7, 11) is 0. The maximum Gasteiger partial charge on any atom is 0.165 e. The zero-order valence-electron chi connectivity index (χ0n) is 8.41. The normalized spacial score (nSPS) is 10.8. The van der Waals surface area contributed by atoms with Gasteiger partial charge in [0.15, 0.2) is 11.5 Å². The second kappa shape index (κ2) is 3.30. The van der Waals surface area contributed by atoms with Gasteiger partial charge < -0.3 is 5.73 Å². The van der Waals surface area contributed by atoms with Crippen LogP contribution in [0.4, 0.5) is 5.82 Å². The summed E-state index contributed by atoms with van der Waals surface area (Å²) in [6.45, 7) is 0. The van der Waals surface area contributed by atoms with Crippen molar-refractivity contribution in [3.05, 3.63) is 42.9 Å². The van der Waals surface area contributed by atoms with E-state index in [0.29, 0.717) is 5.82 Å². The summed E-state index contributed by atoms with van der Waals surface area (Å²) in [4.78, 5) is 8.32. The van der Waals surface area contributed by atoms with E-state index in [4.69, 9.17) is 5.73 Å². The topological polar surface area (TPSA) is 69.6 Å². The molecule has 0 fully saturated rings. The van der Waals surface area contributed by atoms with Crippen LogP contribution in [0.15, 0.2) is 42.9 Å². The van der Waals surface area contributed by atoms with Crippen molar-refractivity contribution in [1.82, 2.24) is 19.7 Å². The van der Waals surface area contributed by atoms with Crippen LogP contribution in [0.25, 0.3) is 16.7 Å². The first-order valence-corrected chi connectivity index (χ1v) is 4.86. The van der Waals surface area contributed by atoms with Crippen molar-refractivity contribution in [3.8, 4) is 5.69 Å². The smallest absolute Gasteiger partial charge is 0.165 e. The SMILES string of the molecule is Nc1nn(-c2cccnc2)c2ncccc12. The lowest BCUT2D eigenvalue weighted by Crippen LogP contribution is -1.98. The van der Waals surface area contributed by atoms with Gasteiger partial charge in [-0.2, -0.15) is 0 Å². The number of hydrogen-bond donors (Lipinski definition) is 1. The molecule has 16 heavy (non-hydrogen) atoms. The summed E-state index contributed by atoms with van der Waals surface area (Å²) < 4.78 is 1.69. The molecule has 0 spiro atoms. The summed E-state index contributed by atoms with van der Waals surface area (Å²) in [6, 6.07) is 7.50. The van der Waals surface area contributed by atoms with E-state index in [2.05, 4.69) is 15.1 Å². The van der Waals surface area contributed by atoms with Crippen molar-refractivity contribution in [2.45, 2.75) is 0 Å². The largest absolute Gasteiger partial charge is 0.382 e. The van der Waals surface area contributed by atoms with Gasteiger partial charge >= 0.3 is 0 Å². The minimum atomic E-state index is 0.479. The lowest BCUT2D eigenvalue weighted by molar-refractivity contribution is 0.895. The Balaban J connectivity index is 2.33. The molecule has 0 aliphatic carbocycles. The van der Waals surface area contributed by atoms with Crippen LogP contribution in [0.2, 0.25) is 0 Å². The molecule has 5 nitrogen and oxygen atoms in total. The molecule has 0 aliphatic heterocycles. The van der Waals surface area contributed by atoms with Crippen LogP contribution in [0, 0.1) is 0 Å². The molecule has 0 aliphatic rings. The highest BCUT2D eigenvalue weighted by atomic mass is 15.3. The zero-order chi connectivity index (χ0) is 11.0. The van der Waals surface area contributed by atoms with Crippen molar-refractivity contribution in [2.75, 3.05) is 5.73 Å². The number of pyridine rings is 2. The molecule has 0 amide bonds. The zero-order valence-corrected chi connectivity index (χ0v) is 8.41. The third-order valence-electron chi connectivity index (χ3n) is 2.36. The lowest BCUT2D eigenvalue weighted by Gasteiger charge is -2.00. The summed E-state index contributed by atoms with van der Waals surface area (Å²) in [6.07, 6.45) is 5.16. The van der Waals surface area contributed by atoms with Gasteiger partial charge in [-0.25, -0.2) is 9.67 Å². The Morgan fingerprint density at radius 3 is 2.81 bits per heavy atom. The third kappa shape index (κ3) is 1.22. The average molecular weight is 211 g/mol. The van der Waals surface area contributed by atoms with Gasteiger partial charge in [0.25, 0.3) is 0 Å². The van der Waals surface area contributed by atoms with Crippen molar-refractivity contribution >= 4 is 16.9 Å². The van der Waals surface area contributed by atoms with Crippen LogP contribution < -0.4 is 5.73 Å². The highest BCUT2D eigenvalue weighted by Crippen LogP contribution is 2.20. The fourth-order valence-corrected chi connectivity index (χ4v) is 1.63. The Labute approximate surface area is 91.6 Å². The predicted octanol–water partition coefficient (Wildman–Crippen LogP) is 1.40. The number of anilines is 1. The van der Waals surface area contributed by atoms with Crippen molar-refractivity contribution < 1.29 is 0 Å². The minimum Gasteiger partial charge on any atom is -0.382 e. The molecule has 3 aromatic heterocycles. The second-order valence-corrected chi connectivity index (χ2v) is 3.38. The first kappa shape index (κ1) is 8.84. The highest BCUT2D eigenvalue weighted by Gasteiger charge is 2.09. The number of rotatable bonds is 1. The van der Waals surface area contributed by atoms with Crippen LogP contribution in [0.5, 0.6) is 0 Å². The van der Waals surface area contributed by atoms with Crippen molar-refractivity contribution in [1.29, 1.82) is 0 Å². The van der Waals surface area contributed by atoms with Gasteiger partial charge in [0.2, 0.25) is 0 Å². The van der Waals surface area contributed by atoms with Gasteiger partial charge in [-0.3, -0.25) is 4.98 Å². The van der Waals surface area contributed by atoms with E-state index in [0.717, 1.165) is 16.7 Å². The summed E-state index contributed by atoms with van der Waals surface area (Å²) in [5.74, 6) is 0.479. The van der Waals surface area contributed by atoms with E-state index < -0.39 is 0 Å². The second-order valence-electron chi connectivity index (χ2n) is 3.38. The quantitative estimate of drug-likeness (QED) is 0.660. The maximum absolute atomic E-state index is 5.82. The van der Waals surface area contributed by atoms with Crippen LogP contribution in [-0.4, -0.2) is 19.7 Å². The van der Waals surface area contributed by atoms with Crippen LogP contribution in [0.1, 0.15) is 0 Å². The van der Waals surface area contributed by atoms with Gasteiger partial charge in [-0.1, -0.05) is 0 Å². The number of aromatic nitrogens is 4. The Kier molecular flexibility index (Phi) is 1.83. The Morgan fingerprint density at radius 2 is 2.00 bits per heavy atom. The monoisotopic (exact) mass is 211 g/mol. The van der Waals surface area contributed by atoms with E-state index in [1.807, 2.05) is 24.3 Å². The van der Waals surface area contributed by atoms with E-state index in [1.54, 1.807) is 23.3 Å². The van der Waals surface area contributed by atoms with Gasteiger partial charge in [0.1, 0.15) is 0 Å². The summed E-state index contributed by atoms with van der Waals surface area (Å²) >= 11 is 0. The molecular weight excluding hydrogens is 202 g/mol. The van der Waals surface area contributed by atoms with Crippen LogP contribution >= 0.6 is 0 Å². The van der Waals surface area contributed by atoms with Crippen molar-refractivity contribution in [2.24, 2.45) is 0 Å². The predicted molar refractivity (Wildman–Crippen MR) is 61.1 cm³/mol. The van der Waals surface area contributed by atoms with Gasteiger partial charge in [0, 0.05) is 12.4 Å². The summed E-state index contributed by atoms with van der Waals surface area (Å²) in [5, 5.41) is 5.11. The van der Waals surface area contributed by atoms with E-state index in [-0.39, 0.29) is 0 Å². The van der Waals surface area contributed by atoms with Crippen LogP contribution in [0.3, 0.4) is 0 Å². The minimum absolute atomic E-state index is 0.479. The molecular formula is C11H9N5. The van der Waals surface area contributed by atoms with E-state index >= 15 is 0 Å². The number of nitrogens with zero attached hydrogens (tertiary/aromatic N) is 4. The molecule has 2 N–H and O–H groups in total. The van der Waals surface area contributed by atoms with Crippen molar-refractivity contribution in [3.63, 3.8) is 0 Å². The Hall–Kier alpha value is -2.43. The Morgan fingerprint density at radius 1 is 1.12 bits per heavy atom. The fraction of sp³-hybridized carbons (Fsp3) is 0. The summed E-state index contributed by atoms with van der Waals surface area (Å²) in [5.41, 5.74) is 7.42. The third-order valence-corrected chi connectivity index (χ3v) is 2.36. The molecule has 5 heteroatoms. The standard InChI is InChI=1S/C11H9N5/c12-10-9-4-2-6-14-11(9)16(15-10)8-3-1-5-13-7-8/h1-7H,(H2,12,15). The molecule has 0 aromatic carbocycles. The van der Waals surface area contributed by atoms with Gasteiger partial charge in [0.05, 0.1) is 17.3 Å². The molecule has 0 saturated carbocycles.